The number of rotatable bonds is 6. The number of anilines is 2. The highest BCUT2D eigenvalue weighted by atomic mass is 16.2. The predicted octanol–water partition coefficient (Wildman–Crippen LogP) is 2.23. The number of nitrogens with one attached hydrogen (secondary N) is 2. The van der Waals surface area contributed by atoms with Gasteiger partial charge in [0.25, 0.3) is 11.5 Å². The molecule has 8 nitrogen and oxygen atoms in total. The summed E-state index contributed by atoms with van der Waals surface area (Å²) in [5.41, 5.74) is 1.29. The van der Waals surface area contributed by atoms with Gasteiger partial charge in [0, 0.05) is 24.4 Å². The Morgan fingerprint density at radius 1 is 1.04 bits per heavy atom. The number of pyridine rings is 1. The maximum atomic E-state index is 12.3. The van der Waals surface area contributed by atoms with Crippen molar-refractivity contribution in [1.82, 2.24) is 14.8 Å². The van der Waals surface area contributed by atoms with E-state index in [0.717, 1.165) is 10.2 Å². The molecule has 3 rings (SSSR count). The summed E-state index contributed by atoms with van der Waals surface area (Å²) < 4.78 is 1.10. The van der Waals surface area contributed by atoms with Crippen LogP contribution < -0.4 is 16.2 Å². The Morgan fingerprint density at radius 2 is 1.82 bits per heavy atom. The van der Waals surface area contributed by atoms with E-state index in [1.807, 2.05) is 19.1 Å². The summed E-state index contributed by atoms with van der Waals surface area (Å²) in [6.45, 7) is 1.94. The van der Waals surface area contributed by atoms with E-state index in [1.165, 1.54) is 12.1 Å². The van der Waals surface area contributed by atoms with Crippen LogP contribution in [-0.2, 0) is 11.3 Å². The van der Waals surface area contributed by atoms with Gasteiger partial charge in [0.1, 0.15) is 11.5 Å². The van der Waals surface area contributed by atoms with Gasteiger partial charge in [-0.1, -0.05) is 18.2 Å². The molecule has 0 unspecified atom stereocenters. The highest BCUT2D eigenvalue weighted by molar-refractivity contribution is 6.02. The molecule has 2 amide bonds. The SMILES string of the molecule is Cc1ccnc(NC(=O)CCn2nc(C(=O)Nc3ccccc3)ccc2=O)c1. The average molecular weight is 377 g/mol. The van der Waals surface area contributed by atoms with Gasteiger partial charge in [-0.05, 0) is 42.8 Å². The molecular formula is C20H19N5O3. The lowest BCUT2D eigenvalue weighted by Gasteiger charge is -2.08. The fraction of sp³-hybridized carbons (Fsp3) is 0.150. The number of carbonyl (C=O) groups excluding carboxylic acids is 2. The number of benzene rings is 1. The van der Waals surface area contributed by atoms with Crippen LogP contribution in [0.3, 0.4) is 0 Å². The molecule has 2 aromatic heterocycles. The molecule has 2 heterocycles. The van der Waals surface area contributed by atoms with Crippen molar-refractivity contribution in [3.8, 4) is 0 Å². The van der Waals surface area contributed by atoms with Crippen molar-refractivity contribution in [2.75, 3.05) is 10.6 Å². The Balaban J connectivity index is 1.64. The normalized spacial score (nSPS) is 10.3. The number of amides is 2. The lowest BCUT2D eigenvalue weighted by molar-refractivity contribution is -0.116. The van der Waals surface area contributed by atoms with Crippen molar-refractivity contribution in [1.29, 1.82) is 0 Å². The molecule has 28 heavy (non-hydrogen) atoms. The third kappa shape index (κ3) is 5.10. The minimum absolute atomic E-state index is 0.0201. The summed E-state index contributed by atoms with van der Waals surface area (Å²) >= 11 is 0. The number of aromatic nitrogens is 3. The van der Waals surface area contributed by atoms with Gasteiger partial charge in [0.15, 0.2) is 0 Å². The van der Waals surface area contributed by atoms with E-state index in [0.29, 0.717) is 11.5 Å². The summed E-state index contributed by atoms with van der Waals surface area (Å²) in [5.74, 6) is -0.291. The number of hydrogen-bond donors (Lipinski definition) is 2. The van der Waals surface area contributed by atoms with Gasteiger partial charge in [0.05, 0.1) is 6.54 Å². The lowest BCUT2D eigenvalue weighted by Crippen LogP contribution is -2.28. The van der Waals surface area contributed by atoms with Crippen LogP contribution in [0.5, 0.6) is 0 Å². The molecule has 0 bridgehead atoms. The molecular weight excluding hydrogens is 358 g/mol. The predicted molar refractivity (Wildman–Crippen MR) is 105 cm³/mol. The van der Waals surface area contributed by atoms with E-state index in [-0.39, 0.29) is 24.6 Å². The molecule has 0 aliphatic rings. The number of aryl methyl sites for hydroxylation is 2. The van der Waals surface area contributed by atoms with E-state index in [4.69, 9.17) is 0 Å². The Labute approximate surface area is 161 Å². The molecule has 0 aliphatic heterocycles. The molecule has 0 aliphatic carbocycles. The Hall–Kier alpha value is -3.81. The van der Waals surface area contributed by atoms with E-state index in [1.54, 1.807) is 36.5 Å². The highest BCUT2D eigenvalue weighted by Crippen LogP contribution is 2.07. The first-order valence-corrected chi connectivity index (χ1v) is 8.68. The first-order valence-electron chi connectivity index (χ1n) is 8.68. The van der Waals surface area contributed by atoms with Gasteiger partial charge in [-0.3, -0.25) is 14.4 Å². The van der Waals surface area contributed by atoms with E-state index >= 15 is 0 Å². The molecule has 3 aromatic rings. The quantitative estimate of drug-likeness (QED) is 0.685. The maximum Gasteiger partial charge on any atom is 0.276 e. The minimum Gasteiger partial charge on any atom is -0.321 e. The number of nitrogens with zero attached hydrogens (tertiary/aromatic N) is 3. The maximum absolute atomic E-state index is 12.3. The second-order valence-electron chi connectivity index (χ2n) is 6.12. The number of hydrogen-bond acceptors (Lipinski definition) is 5. The monoisotopic (exact) mass is 377 g/mol. The molecule has 1 aromatic carbocycles. The van der Waals surface area contributed by atoms with E-state index < -0.39 is 11.5 Å². The topological polar surface area (TPSA) is 106 Å². The first kappa shape index (κ1) is 19.0. The van der Waals surface area contributed by atoms with Crippen LogP contribution >= 0.6 is 0 Å². The molecule has 0 saturated heterocycles. The van der Waals surface area contributed by atoms with Gasteiger partial charge < -0.3 is 10.6 Å². The van der Waals surface area contributed by atoms with Crippen LogP contribution in [-0.4, -0.2) is 26.6 Å². The van der Waals surface area contributed by atoms with E-state index in [2.05, 4.69) is 20.7 Å². The van der Waals surface area contributed by atoms with Crippen molar-refractivity contribution in [2.45, 2.75) is 19.9 Å². The molecule has 0 radical (unpaired) electrons. The van der Waals surface area contributed by atoms with Crippen molar-refractivity contribution in [3.05, 3.63) is 82.4 Å². The van der Waals surface area contributed by atoms with Crippen LogP contribution in [0.25, 0.3) is 0 Å². The Kier molecular flexibility index (Phi) is 5.91. The van der Waals surface area contributed by atoms with Crippen LogP contribution in [0.15, 0.2) is 65.6 Å². The molecule has 8 heteroatoms. The highest BCUT2D eigenvalue weighted by Gasteiger charge is 2.11. The molecule has 0 saturated carbocycles. The molecule has 2 N–H and O–H groups in total. The zero-order chi connectivity index (χ0) is 19.9. The van der Waals surface area contributed by atoms with Crippen molar-refractivity contribution < 1.29 is 9.59 Å². The van der Waals surface area contributed by atoms with Crippen LogP contribution in [0.4, 0.5) is 11.5 Å². The zero-order valence-electron chi connectivity index (χ0n) is 15.3. The van der Waals surface area contributed by atoms with Crippen molar-refractivity contribution >= 4 is 23.3 Å². The molecule has 0 fully saturated rings. The lowest BCUT2D eigenvalue weighted by atomic mass is 10.3. The molecule has 0 atom stereocenters. The summed E-state index contributed by atoms with van der Waals surface area (Å²) in [6.07, 6.45) is 1.62. The van der Waals surface area contributed by atoms with Crippen LogP contribution in [0, 0.1) is 6.92 Å². The summed E-state index contributed by atoms with van der Waals surface area (Å²) in [4.78, 5) is 40.5. The number of carbonyl (C=O) groups is 2. The smallest absolute Gasteiger partial charge is 0.276 e. The summed E-state index contributed by atoms with van der Waals surface area (Å²) in [7, 11) is 0. The van der Waals surface area contributed by atoms with Gasteiger partial charge in [-0.25, -0.2) is 9.67 Å². The van der Waals surface area contributed by atoms with Gasteiger partial charge in [-0.2, -0.15) is 5.10 Å². The van der Waals surface area contributed by atoms with Crippen LogP contribution in [0.2, 0.25) is 0 Å². The second-order valence-corrected chi connectivity index (χ2v) is 6.12. The largest absolute Gasteiger partial charge is 0.321 e. The van der Waals surface area contributed by atoms with Crippen LogP contribution in [0.1, 0.15) is 22.5 Å². The van der Waals surface area contributed by atoms with E-state index in [9.17, 15) is 14.4 Å². The second kappa shape index (κ2) is 8.72. The summed E-state index contributed by atoms with van der Waals surface area (Å²) in [5, 5.41) is 9.43. The van der Waals surface area contributed by atoms with Gasteiger partial charge >= 0.3 is 0 Å². The number of para-hydroxylation sites is 1. The minimum atomic E-state index is -0.437. The van der Waals surface area contributed by atoms with Crippen molar-refractivity contribution in [3.63, 3.8) is 0 Å². The summed E-state index contributed by atoms with van der Waals surface area (Å²) in [6, 6.07) is 15.1. The standard InChI is InChI=1S/C20H19N5O3/c1-14-9-11-21-17(13-14)23-18(26)10-12-25-19(27)8-7-16(24-25)20(28)22-15-5-3-2-4-6-15/h2-9,11,13H,10,12H2,1H3,(H,22,28)(H,21,23,26). The molecule has 0 spiro atoms. The molecule has 142 valence electrons. The Bertz CT molecular complexity index is 1050. The first-order chi connectivity index (χ1) is 13.5. The van der Waals surface area contributed by atoms with Gasteiger partial charge in [0.2, 0.25) is 5.91 Å². The third-order valence-electron chi connectivity index (χ3n) is 3.86. The van der Waals surface area contributed by atoms with Gasteiger partial charge in [-0.15, -0.1) is 0 Å². The average Bonchev–Trinajstić information content (AvgIpc) is 2.68. The fourth-order valence-electron chi connectivity index (χ4n) is 2.46. The third-order valence-corrected chi connectivity index (χ3v) is 3.86. The fourth-order valence-corrected chi connectivity index (χ4v) is 2.46. The van der Waals surface area contributed by atoms with Crippen molar-refractivity contribution in [2.24, 2.45) is 0 Å². The Morgan fingerprint density at radius 3 is 2.57 bits per heavy atom. The zero-order valence-corrected chi connectivity index (χ0v) is 15.3.